The van der Waals surface area contributed by atoms with Gasteiger partial charge in [0.2, 0.25) is 0 Å². The molecule has 0 aliphatic rings. The molecule has 0 saturated carbocycles. The molecule has 58 valence electrons. The van der Waals surface area contributed by atoms with E-state index in [1.54, 1.807) is 24.5 Å². The van der Waals surface area contributed by atoms with Crippen molar-refractivity contribution in [2.45, 2.75) is 6.92 Å². The van der Waals surface area contributed by atoms with Crippen molar-refractivity contribution in [3.8, 4) is 0 Å². The summed E-state index contributed by atoms with van der Waals surface area (Å²) in [5, 5.41) is 8.38. The van der Waals surface area contributed by atoms with Gasteiger partial charge in [0.15, 0.2) is 5.78 Å². The maximum Gasteiger partial charge on any atom is 0.179 e. The first kappa shape index (κ1) is 8.97. The molecule has 0 spiro atoms. The van der Waals surface area contributed by atoms with Crippen molar-refractivity contribution in [2.75, 3.05) is 14.1 Å². The third-order valence-corrected chi connectivity index (χ3v) is 0.887. The molecule has 2 N–H and O–H groups in total. The minimum absolute atomic E-state index is 0.185. The predicted octanol–water partition coefficient (Wildman–Crippen LogP) is -0.0428. The molecule has 0 saturated heterocycles. The molecule has 0 aromatic heterocycles. The van der Waals surface area contributed by atoms with Gasteiger partial charge in [-0.25, -0.2) is 0 Å². The van der Waals surface area contributed by atoms with Crippen molar-refractivity contribution in [3.63, 3.8) is 0 Å². The Bertz CT molecular complexity index is 152. The van der Waals surface area contributed by atoms with Gasteiger partial charge in [0.25, 0.3) is 0 Å². The lowest BCUT2D eigenvalue weighted by Gasteiger charge is -2.07. The number of nitrogens with one attached hydrogen (secondary N) is 1. The van der Waals surface area contributed by atoms with E-state index in [2.05, 4.69) is 0 Å². The molecule has 0 aromatic rings. The second-order valence-corrected chi connectivity index (χ2v) is 2.17. The summed E-state index contributed by atoms with van der Waals surface area (Å²) in [5.41, 5.74) is 1.99. The van der Waals surface area contributed by atoms with Gasteiger partial charge in [0, 0.05) is 27.2 Å². The van der Waals surface area contributed by atoms with Crippen LogP contribution in [0.3, 0.4) is 0 Å². The van der Waals surface area contributed by atoms with Crippen LogP contribution in [0.1, 0.15) is 6.92 Å². The molecule has 0 aliphatic heterocycles. The fourth-order valence-electron chi connectivity index (χ4n) is 0.457. The van der Waals surface area contributed by atoms with Crippen molar-refractivity contribution < 1.29 is 10.0 Å². The number of rotatable bonds is 3. The Morgan fingerprint density at radius 3 is 2.20 bits per heavy atom. The van der Waals surface area contributed by atoms with Crippen molar-refractivity contribution in [1.29, 1.82) is 0 Å². The van der Waals surface area contributed by atoms with Crippen LogP contribution in [-0.2, 0) is 4.79 Å². The minimum Gasteiger partial charge on any atom is -0.382 e. The average Bonchev–Trinajstić information content (AvgIpc) is 1.81. The highest BCUT2D eigenvalue weighted by atomic mass is 16.5. The maximum atomic E-state index is 10.6. The normalized spacial score (nSPS) is 11.0. The number of hydrogen-bond donors (Lipinski definition) is 2. The SMILES string of the molecule is CC(=O)C(=CN(C)C)NO. The number of carbonyl (C=O) groups excluding carboxylic acids is 1. The van der Waals surface area contributed by atoms with Gasteiger partial charge < -0.3 is 4.90 Å². The molecule has 0 atom stereocenters. The van der Waals surface area contributed by atoms with Gasteiger partial charge >= 0.3 is 0 Å². The number of allylic oxidation sites excluding steroid dienone is 1. The van der Waals surface area contributed by atoms with Gasteiger partial charge in [-0.1, -0.05) is 0 Å². The maximum absolute atomic E-state index is 10.6. The molecule has 0 bridgehead atoms. The van der Waals surface area contributed by atoms with E-state index >= 15 is 0 Å². The summed E-state index contributed by atoms with van der Waals surface area (Å²) in [6.07, 6.45) is 1.50. The van der Waals surface area contributed by atoms with Gasteiger partial charge in [-0.05, 0) is 0 Å². The number of Topliss-reactive ketones (excluding diaryl/α,β-unsaturated/α-hetero) is 1. The highest BCUT2D eigenvalue weighted by Gasteiger charge is 2.00. The summed E-state index contributed by atoms with van der Waals surface area (Å²) in [5.74, 6) is -0.198. The van der Waals surface area contributed by atoms with E-state index < -0.39 is 0 Å². The first-order valence-electron chi connectivity index (χ1n) is 2.87. The van der Waals surface area contributed by atoms with Gasteiger partial charge in [-0.15, -0.1) is 0 Å². The first-order valence-corrected chi connectivity index (χ1v) is 2.87. The standard InChI is InChI=1S/C6H12N2O2/c1-5(9)6(7-10)4-8(2)3/h4,7,10H,1-3H3. The topological polar surface area (TPSA) is 52.6 Å². The summed E-state index contributed by atoms with van der Waals surface area (Å²) in [7, 11) is 3.53. The minimum atomic E-state index is -0.198. The zero-order valence-corrected chi connectivity index (χ0v) is 6.38. The Morgan fingerprint density at radius 2 is 2.10 bits per heavy atom. The van der Waals surface area contributed by atoms with Crippen LogP contribution in [0.5, 0.6) is 0 Å². The Labute approximate surface area is 60.1 Å². The van der Waals surface area contributed by atoms with Crippen molar-refractivity contribution >= 4 is 5.78 Å². The third kappa shape index (κ3) is 3.09. The summed E-state index contributed by atoms with van der Waals surface area (Å²) < 4.78 is 0. The van der Waals surface area contributed by atoms with Crippen LogP contribution in [0.2, 0.25) is 0 Å². The summed E-state index contributed by atoms with van der Waals surface area (Å²) >= 11 is 0. The van der Waals surface area contributed by atoms with E-state index in [4.69, 9.17) is 5.21 Å². The molecule has 0 rings (SSSR count). The zero-order valence-electron chi connectivity index (χ0n) is 6.38. The molecule has 0 radical (unpaired) electrons. The number of hydrogen-bond acceptors (Lipinski definition) is 4. The number of carbonyl (C=O) groups is 1. The van der Waals surface area contributed by atoms with E-state index in [9.17, 15) is 4.79 Å². The van der Waals surface area contributed by atoms with Gasteiger partial charge in [0.1, 0.15) is 5.70 Å². The van der Waals surface area contributed by atoms with Crippen LogP contribution in [0, 0.1) is 0 Å². The molecule has 10 heavy (non-hydrogen) atoms. The van der Waals surface area contributed by atoms with Gasteiger partial charge in [0.05, 0.1) is 0 Å². The molecular formula is C6H12N2O2. The van der Waals surface area contributed by atoms with Crippen LogP contribution in [0.25, 0.3) is 0 Å². The molecule has 0 fully saturated rings. The molecule has 0 amide bonds. The molecule has 4 nitrogen and oxygen atoms in total. The lowest BCUT2D eigenvalue weighted by atomic mass is 10.3. The number of nitrogens with zero attached hydrogens (tertiary/aromatic N) is 1. The van der Waals surface area contributed by atoms with Crippen LogP contribution in [0.15, 0.2) is 11.9 Å². The Hall–Kier alpha value is -1.03. The van der Waals surface area contributed by atoms with Crippen LogP contribution < -0.4 is 5.48 Å². The van der Waals surface area contributed by atoms with Crippen LogP contribution >= 0.6 is 0 Å². The van der Waals surface area contributed by atoms with E-state index in [-0.39, 0.29) is 11.5 Å². The van der Waals surface area contributed by atoms with E-state index in [1.807, 2.05) is 0 Å². The Balaban J connectivity index is 4.19. The number of hydroxylamine groups is 1. The lowest BCUT2D eigenvalue weighted by molar-refractivity contribution is -0.114. The smallest absolute Gasteiger partial charge is 0.179 e. The highest BCUT2D eigenvalue weighted by Crippen LogP contribution is 1.90. The Morgan fingerprint density at radius 1 is 1.60 bits per heavy atom. The first-order chi connectivity index (χ1) is 4.57. The summed E-state index contributed by atoms with van der Waals surface area (Å²) in [4.78, 5) is 12.3. The highest BCUT2D eigenvalue weighted by molar-refractivity contribution is 5.92. The fourth-order valence-corrected chi connectivity index (χ4v) is 0.457. The molecule has 0 heterocycles. The van der Waals surface area contributed by atoms with Crippen LogP contribution in [-0.4, -0.2) is 30.0 Å². The predicted molar refractivity (Wildman–Crippen MR) is 37.4 cm³/mol. The molecule has 0 aliphatic carbocycles. The summed E-state index contributed by atoms with van der Waals surface area (Å²) in [6, 6.07) is 0. The van der Waals surface area contributed by atoms with Gasteiger partial charge in [-0.2, -0.15) is 0 Å². The molecule has 0 unspecified atom stereocenters. The lowest BCUT2D eigenvalue weighted by Crippen LogP contribution is -2.17. The largest absolute Gasteiger partial charge is 0.382 e. The summed E-state index contributed by atoms with van der Waals surface area (Å²) in [6.45, 7) is 1.37. The monoisotopic (exact) mass is 144 g/mol. The molecule has 0 aromatic carbocycles. The molecular weight excluding hydrogens is 132 g/mol. The van der Waals surface area contributed by atoms with Crippen molar-refractivity contribution in [3.05, 3.63) is 11.9 Å². The second kappa shape index (κ2) is 3.90. The third-order valence-electron chi connectivity index (χ3n) is 0.887. The van der Waals surface area contributed by atoms with Crippen molar-refractivity contribution in [2.24, 2.45) is 0 Å². The van der Waals surface area contributed by atoms with E-state index in [1.165, 1.54) is 13.1 Å². The molecule has 4 heteroatoms. The van der Waals surface area contributed by atoms with Gasteiger partial charge in [-0.3, -0.25) is 15.5 Å². The fraction of sp³-hybridized carbons (Fsp3) is 0.500. The second-order valence-electron chi connectivity index (χ2n) is 2.17. The van der Waals surface area contributed by atoms with E-state index in [0.717, 1.165) is 0 Å². The Kier molecular flexibility index (Phi) is 3.49. The quantitative estimate of drug-likeness (QED) is 0.431. The van der Waals surface area contributed by atoms with Crippen LogP contribution in [0.4, 0.5) is 0 Å². The average molecular weight is 144 g/mol. The van der Waals surface area contributed by atoms with E-state index in [0.29, 0.717) is 0 Å². The van der Waals surface area contributed by atoms with Crippen molar-refractivity contribution in [1.82, 2.24) is 10.4 Å². The number of ketones is 1. The zero-order chi connectivity index (χ0) is 8.15.